The quantitative estimate of drug-likeness (QED) is 0.813. The summed E-state index contributed by atoms with van der Waals surface area (Å²) in [6.07, 6.45) is -1.05. The van der Waals surface area contributed by atoms with Crippen molar-refractivity contribution in [3.8, 4) is 0 Å². The van der Waals surface area contributed by atoms with Crippen molar-refractivity contribution < 1.29 is 9.90 Å². The van der Waals surface area contributed by atoms with Gasteiger partial charge in [-0.2, -0.15) is 0 Å². The van der Waals surface area contributed by atoms with E-state index in [2.05, 4.69) is 21.2 Å². The summed E-state index contributed by atoms with van der Waals surface area (Å²) in [6.45, 7) is 0. The van der Waals surface area contributed by atoms with Crippen molar-refractivity contribution in [2.75, 3.05) is 24.3 Å². The van der Waals surface area contributed by atoms with Crippen LogP contribution < -0.4 is 10.2 Å². The van der Waals surface area contributed by atoms with Crippen molar-refractivity contribution in [3.63, 3.8) is 0 Å². The molecule has 0 saturated heterocycles. The van der Waals surface area contributed by atoms with E-state index in [1.165, 1.54) is 0 Å². The van der Waals surface area contributed by atoms with E-state index in [1.807, 2.05) is 25.1 Å². The number of amides is 1. The number of hydrogen-bond acceptors (Lipinski definition) is 3. The average molecular weight is 271 g/mol. The van der Waals surface area contributed by atoms with Gasteiger partial charge < -0.3 is 15.3 Å². The molecule has 0 aromatic heterocycles. The van der Waals surface area contributed by atoms with Gasteiger partial charge in [0.2, 0.25) is 0 Å². The summed E-state index contributed by atoms with van der Waals surface area (Å²) < 4.78 is 0.863. The van der Waals surface area contributed by atoms with E-state index in [-0.39, 0.29) is 5.91 Å². The Labute approximate surface area is 96.0 Å². The van der Waals surface area contributed by atoms with Gasteiger partial charge in [0, 0.05) is 29.8 Å². The number of hydrogen-bond donors (Lipinski definition) is 2. The lowest BCUT2D eigenvalue weighted by molar-refractivity contribution is -0.123. The average Bonchev–Trinajstić information content (AvgIpc) is 2.43. The second-order valence-corrected chi connectivity index (χ2v) is 4.53. The summed E-state index contributed by atoms with van der Waals surface area (Å²) in [5, 5.41) is 12.2. The highest BCUT2D eigenvalue weighted by molar-refractivity contribution is 9.10. The van der Waals surface area contributed by atoms with Gasteiger partial charge in [-0.3, -0.25) is 4.79 Å². The molecular formula is C10H11BrN2O2. The maximum atomic E-state index is 11.2. The van der Waals surface area contributed by atoms with E-state index in [0.717, 1.165) is 10.2 Å². The van der Waals surface area contributed by atoms with Crippen LogP contribution >= 0.6 is 15.9 Å². The van der Waals surface area contributed by atoms with Crippen LogP contribution in [0.4, 0.5) is 11.4 Å². The molecular weight excluding hydrogens is 260 g/mol. The molecule has 0 saturated carbocycles. The van der Waals surface area contributed by atoms with Crippen LogP contribution in [0.5, 0.6) is 0 Å². The minimum absolute atomic E-state index is 0.368. The molecule has 1 aliphatic rings. The predicted octanol–water partition coefficient (Wildman–Crippen LogP) is 1.50. The van der Waals surface area contributed by atoms with Gasteiger partial charge in [-0.15, -0.1) is 0 Å². The standard InChI is InChI=1S/C10H11BrN2O2/c1-13(2)8-4-7-5(3-6(8)11)9(14)10(15)12-7/h3-4,9,14H,1-2H3,(H,12,15). The third kappa shape index (κ3) is 1.61. The van der Waals surface area contributed by atoms with Crippen LogP contribution in [-0.4, -0.2) is 25.1 Å². The summed E-state index contributed by atoms with van der Waals surface area (Å²) in [7, 11) is 3.83. The first-order chi connectivity index (χ1) is 7.00. The maximum absolute atomic E-state index is 11.2. The lowest BCUT2D eigenvalue weighted by atomic mass is 10.1. The van der Waals surface area contributed by atoms with Gasteiger partial charge in [-0.25, -0.2) is 0 Å². The van der Waals surface area contributed by atoms with Crippen LogP contribution in [-0.2, 0) is 4.79 Å². The molecule has 1 atom stereocenters. The molecule has 0 spiro atoms. The molecule has 4 nitrogen and oxygen atoms in total. The molecule has 5 heteroatoms. The van der Waals surface area contributed by atoms with Crippen LogP contribution in [0.15, 0.2) is 16.6 Å². The molecule has 1 amide bonds. The zero-order valence-corrected chi connectivity index (χ0v) is 10.00. The number of carbonyl (C=O) groups is 1. The highest BCUT2D eigenvalue weighted by atomic mass is 79.9. The minimum atomic E-state index is -1.05. The van der Waals surface area contributed by atoms with Crippen LogP contribution in [0.2, 0.25) is 0 Å². The maximum Gasteiger partial charge on any atom is 0.257 e. The smallest absolute Gasteiger partial charge is 0.257 e. The fourth-order valence-corrected chi connectivity index (χ4v) is 2.31. The second-order valence-electron chi connectivity index (χ2n) is 3.68. The van der Waals surface area contributed by atoms with Crippen LogP contribution in [0.3, 0.4) is 0 Å². The Morgan fingerprint density at radius 3 is 2.73 bits per heavy atom. The van der Waals surface area contributed by atoms with Crippen molar-refractivity contribution in [1.29, 1.82) is 0 Å². The Morgan fingerprint density at radius 1 is 1.47 bits per heavy atom. The van der Waals surface area contributed by atoms with Crippen molar-refractivity contribution in [1.82, 2.24) is 0 Å². The van der Waals surface area contributed by atoms with Gasteiger partial charge >= 0.3 is 0 Å². The largest absolute Gasteiger partial charge is 0.378 e. The number of aliphatic hydroxyl groups is 1. The monoisotopic (exact) mass is 270 g/mol. The number of benzene rings is 1. The molecule has 1 heterocycles. The van der Waals surface area contributed by atoms with Gasteiger partial charge in [0.25, 0.3) is 5.91 Å². The van der Waals surface area contributed by atoms with E-state index in [4.69, 9.17) is 0 Å². The van der Waals surface area contributed by atoms with E-state index in [0.29, 0.717) is 11.3 Å². The van der Waals surface area contributed by atoms with Gasteiger partial charge in [0.05, 0.1) is 5.69 Å². The van der Waals surface area contributed by atoms with Crippen LogP contribution in [0, 0.1) is 0 Å². The third-order valence-electron chi connectivity index (χ3n) is 2.40. The van der Waals surface area contributed by atoms with E-state index in [9.17, 15) is 9.90 Å². The zero-order valence-electron chi connectivity index (χ0n) is 8.41. The first-order valence-corrected chi connectivity index (χ1v) is 5.29. The summed E-state index contributed by atoms with van der Waals surface area (Å²) in [6, 6.07) is 3.61. The number of fused-ring (bicyclic) bond motifs is 1. The first kappa shape index (κ1) is 10.4. The molecule has 0 radical (unpaired) electrons. The Hall–Kier alpha value is -1.07. The minimum Gasteiger partial charge on any atom is -0.378 e. The molecule has 0 aliphatic carbocycles. The van der Waals surface area contributed by atoms with Gasteiger partial charge in [0.15, 0.2) is 6.10 Å². The number of anilines is 2. The highest BCUT2D eigenvalue weighted by Crippen LogP contribution is 2.38. The van der Waals surface area contributed by atoms with E-state index < -0.39 is 6.10 Å². The van der Waals surface area contributed by atoms with Gasteiger partial charge in [0.1, 0.15) is 0 Å². The molecule has 0 bridgehead atoms. The van der Waals surface area contributed by atoms with Crippen molar-refractivity contribution in [2.24, 2.45) is 0 Å². The SMILES string of the molecule is CN(C)c1cc2c(cc1Br)C(O)C(=O)N2. The first-order valence-electron chi connectivity index (χ1n) is 4.50. The molecule has 0 fully saturated rings. The summed E-state index contributed by atoms with van der Waals surface area (Å²) in [4.78, 5) is 13.2. The summed E-state index contributed by atoms with van der Waals surface area (Å²) >= 11 is 3.41. The van der Waals surface area contributed by atoms with Crippen LogP contribution in [0.25, 0.3) is 0 Å². The lowest BCUT2D eigenvalue weighted by Crippen LogP contribution is -2.10. The Balaban J connectivity index is 2.54. The summed E-state index contributed by atoms with van der Waals surface area (Å²) in [5.74, 6) is -0.368. The number of carbonyl (C=O) groups excluding carboxylic acids is 1. The Morgan fingerprint density at radius 2 is 2.13 bits per heavy atom. The zero-order chi connectivity index (χ0) is 11.2. The van der Waals surface area contributed by atoms with Crippen molar-refractivity contribution in [2.45, 2.75) is 6.10 Å². The highest BCUT2D eigenvalue weighted by Gasteiger charge is 2.29. The van der Waals surface area contributed by atoms with Crippen molar-refractivity contribution >= 4 is 33.2 Å². The Kier molecular flexibility index (Phi) is 2.44. The molecule has 1 aliphatic heterocycles. The van der Waals surface area contributed by atoms with Gasteiger partial charge in [-0.1, -0.05) is 0 Å². The van der Waals surface area contributed by atoms with E-state index >= 15 is 0 Å². The van der Waals surface area contributed by atoms with Crippen LogP contribution in [0.1, 0.15) is 11.7 Å². The number of rotatable bonds is 1. The predicted molar refractivity (Wildman–Crippen MR) is 62.1 cm³/mol. The number of halogens is 1. The third-order valence-corrected chi connectivity index (χ3v) is 3.04. The number of nitrogens with one attached hydrogen (secondary N) is 1. The number of nitrogens with zero attached hydrogens (tertiary/aromatic N) is 1. The molecule has 15 heavy (non-hydrogen) atoms. The fraction of sp³-hybridized carbons (Fsp3) is 0.300. The normalized spacial score (nSPS) is 18.7. The molecule has 1 aromatic carbocycles. The van der Waals surface area contributed by atoms with Crippen molar-refractivity contribution in [3.05, 3.63) is 22.2 Å². The molecule has 80 valence electrons. The van der Waals surface area contributed by atoms with E-state index in [1.54, 1.807) is 6.07 Å². The molecule has 1 aromatic rings. The fourth-order valence-electron chi connectivity index (χ4n) is 1.60. The summed E-state index contributed by atoms with van der Waals surface area (Å²) in [5.41, 5.74) is 2.26. The second kappa shape index (κ2) is 3.50. The lowest BCUT2D eigenvalue weighted by Gasteiger charge is -2.16. The topological polar surface area (TPSA) is 52.6 Å². The molecule has 2 N–H and O–H groups in total. The van der Waals surface area contributed by atoms with Gasteiger partial charge in [-0.05, 0) is 28.1 Å². The molecule has 2 rings (SSSR count). The molecule has 1 unspecified atom stereocenters. The number of aliphatic hydroxyl groups excluding tert-OH is 1. The Bertz CT molecular complexity index is 432.